The molecule has 0 aliphatic heterocycles. The Morgan fingerprint density at radius 3 is 2.44 bits per heavy atom. The van der Waals surface area contributed by atoms with Crippen LogP contribution in [0.3, 0.4) is 0 Å². The second kappa shape index (κ2) is 11.1. The fraction of sp³-hybridized carbons (Fsp3) is 0.613. The highest BCUT2D eigenvalue weighted by molar-refractivity contribution is 5.43. The van der Waals surface area contributed by atoms with Crippen molar-refractivity contribution >= 4 is 0 Å². The molecule has 36 heavy (non-hydrogen) atoms. The van der Waals surface area contributed by atoms with Gasteiger partial charge in [0.25, 0.3) is 0 Å². The molecule has 3 aliphatic carbocycles. The first-order valence-corrected chi connectivity index (χ1v) is 13.9. The number of aromatic hydroxyl groups is 1. The molecule has 2 aromatic rings. The molecule has 3 aliphatic rings. The lowest BCUT2D eigenvalue weighted by Gasteiger charge is -2.54. The molecule has 196 valence electrons. The van der Waals surface area contributed by atoms with E-state index in [1.165, 1.54) is 16.7 Å². The fourth-order valence-electron chi connectivity index (χ4n) is 7.49. The van der Waals surface area contributed by atoms with Crippen molar-refractivity contribution in [2.24, 2.45) is 17.3 Å². The maximum Gasteiger partial charge on any atom is 0.119 e. The van der Waals surface area contributed by atoms with E-state index < -0.39 is 0 Å². The van der Waals surface area contributed by atoms with Gasteiger partial charge in [0.2, 0.25) is 0 Å². The molecule has 2 saturated carbocycles. The van der Waals surface area contributed by atoms with Crippen LogP contribution in [0.25, 0.3) is 0 Å². The molecular weight excluding hydrogens is 452 g/mol. The minimum Gasteiger partial charge on any atom is -0.508 e. The number of fused-ring (bicyclic) bond motifs is 5. The quantitative estimate of drug-likeness (QED) is 0.407. The molecule has 0 bridgehead atoms. The van der Waals surface area contributed by atoms with Crippen molar-refractivity contribution in [3.05, 3.63) is 59.2 Å². The van der Waals surface area contributed by atoms with Gasteiger partial charge >= 0.3 is 0 Å². The minimum atomic E-state index is -0.220. The lowest BCUT2D eigenvalue weighted by molar-refractivity contribution is -0.0323. The summed E-state index contributed by atoms with van der Waals surface area (Å²) in [5.41, 5.74) is 3.98. The Labute approximate surface area is 215 Å². The molecule has 0 heterocycles. The molecule has 0 amide bonds. The van der Waals surface area contributed by atoms with E-state index in [0.29, 0.717) is 55.8 Å². The number of benzene rings is 2. The van der Waals surface area contributed by atoms with Crippen LogP contribution in [0.1, 0.15) is 74.5 Å². The van der Waals surface area contributed by atoms with Gasteiger partial charge in [-0.2, -0.15) is 0 Å². The normalized spacial score (nSPS) is 30.9. The third-order valence-corrected chi connectivity index (χ3v) is 9.19. The smallest absolute Gasteiger partial charge is 0.119 e. The van der Waals surface area contributed by atoms with Gasteiger partial charge in [-0.25, -0.2) is 0 Å². The minimum absolute atomic E-state index is 0.0341. The van der Waals surface area contributed by atoms with Gasteiger partial charge in [-0.15, -0.1) is 0 Å². The number of hydrogen-bond donors (Lipinski definition) is 2. The van der Waals surface area contributed by atoms with Crippen molar-refractivity contribution < 1.29 is 24.4 Å². The molecule has 0 saturated heterocycles. The Morgan fingerprint density at radius 1 is 0.917 bits per heavy atom. The Kier molecular flexibility index (Phi) is 7.90. The Balaban J connectivity index is 1.30. The molecule has 6 atom stereocenters. The van der Waals surface area contributed by atoms with Crippen LogP contribution in [0, 0.1) is 17.3 Å². The number of aliphatic hydroxyl groups excluding tert-OH is 1. The Bertz CT molecular complexity index is 1000. The molecule has 5 heteroatoms. The van der Waals surface area contributed by atoms with Crippen LogP contribution in [-0.2, 0) is 15.9 Å². The van der Waals surface area contributed by atoms with Gasteiger partial charge in [-0.1, -0.05) is 32.0 Å². The van der Waals surface area contributed by atoms with Crippen LogP contribution >= 0.6 is 0 Å². The van der Waals surface area contributed by atoms with E-state index in [4.69, 9.17) is 14.2 Å². The lowest BCUT2D eigenvalue weighted by atomic mass is 9.51. The van der Waals surface area contributed by atoms with E-state index >= 15 is 0 Å². The predicted octanol–water partition coefficient (Wildman–Crippen LogP) is 5.82. The second-order valence-electron chi connectivity index (χ2n) is 11.3. The maximum atomic E-state index is 11.0. The molecular formula is C31H42O5. The van der Waals surface area contributed by atoms with E-state index in [0.717, 1.165) is 50.9 Å². The van der Waals surface area contributed by atoms with E-state index in [2.05, 4.69) is 44.2 Å². The molecule has 2 fully saturated rings. The van der Waals surface area contributed by atoms with Crippen molar-refractivity contribution in [2.75, 3.05) is 33.0 Å². The first kappa shape index (κ1) is 25.6. The zero-order chi connectivity index (χ0) is 25.1. The van der Waals surface area contributed by atoms with Gasteiger partial charge in [0, 0.05) is 6.61 Å². The van der Waals surface area contributed by atoms with Crippen molar-refractivity contribution in [3.8, 4) is 11.5 Å². The topological polar surface area (TPSA) is 68.2 Å². The molecule has 0 radical (unpaired) electrons. The van der Waals surface area contributed by atoms with Crippen LogP contribution in [0.15, 0.2) is 42.5 Å². The lowest BCUT2D eigenvalue weighted by Crippen LogP contribution is -2.47. The van der Waals surface area contributed by atoms with Crippen LogP contribution in [0.2, 0.25) is 0 Å². The molecule has 5 rings (SSSR count). The van der Waals surface area contributed by atoms with Gasteiger partial charge in [-0.05, 0) is 109 Å². The number of phenolic OH excluding ortho intramolecular Hbond substituents is 1. The number of hydrogen-bond acceptors (Lipinski definition) is 5. The number of aliphatic hydroxyl groups is 1. The molecule has 0 aromatic heterocycles. The van der Waals surface area contributed by atoms with Gasteiger partial charge < -0.3 is 24.4 Å². The van der Waals surface area contributed by atoms with Crippen LogP contribution < -0.4 is 4.74 Å². The highest BCUT2D eigenvalue weighted by Crippen LogP contribution is 2.65. The van der Waals surface area contributed by atoms with Crippen molar-refractivity contribution in [1.82, 2.24) is 0 Å². The highest BCUT2D eigenvalue weighted by atomic mass is 16.5. The van der Waals surface area contributed by atoms with E-state index in [9.17, 15) is 10.2 Å². The zero-order valence-electron chi connectivity index (χ0n) is 21.8. The summed E-state index contributed by atoms with van der Waals surface area (Å²) in [5, 5.41) is 21.2. The predicted molar refractivity (Wildman–Crippen MR) is 141 cm³/mol. The monoisotopic (exact) mass is 494 g/mol. The van der Waals surface area contributed by atoms with E-state index in [1.807, 2.05) is 12.1 Å². The molecule has 0 spiro atoms. The van der Waals surface area contributed by atoms with Crippen LogP contribution in [0.5, 0.6) is 11.5 Å². The molecule has 5 nitrogen and oxygen atoms in total. The van der Waals surface area contributed by atoms with Crippen molar-refractivity contribution in [1.29, 1.82) is 0 Å². The number of rotatable bonds is 10. The summed E-state index contributed by atoms with van der Waals surface area (Å²) in [7, 11) is 0. The van der Waals surface area contributed by atoms with E-state index in [1.54, 1.807) is 0 Å². The average Bonchev–Trinajstić information content (AvgIpc) is 3.19. The van der Waals surface area contributed by atoms with Crippen LogP contribution in [0.4, 0.5) is 0 Å². The summed E-state index contributed by atoms with van der Waals surface area (Å²) in [4.78, 5) is 0. The number of ether oxygens (including phenoxy) is 3. The second-order valence-corrected chi connectivity index (χ2v) is 11.3. The van der Waals surface area contributed by atoms with Gasteiger partial charge in [-0.3, -0.25) is 0 Å². The highest BCUT2D eigenvalue weighted by Gasteiger charge is 2.57. The number of phenols is 1. The molecule has 6 unspecified atom stereocenters. The van der Waals surface area contributed by atoms with Gasteiger partial charge in [0.15, 0.2) is 0 Å². The first-order valence-electron chi connectivity index (χ1n) is 13.9. The Morgan fingerprint density at radius 2 is 1.67 bits per heavy atom. The maximum absolute atomic E-state index is 11.0. The molecule has 2 aromatic carbocycles. The van der Waals surface area contributed by atoms with Crippen LogP contribution in [-0.4, -0.2) is 49.4 Å². The summed E-state index contributed by atoms with van der Waals surface area (Å²) >= 11 is 0. The average molecular weight is 495 g/mol. The van der Waals surface area contributed by atoms with Crippen molar-refractivity contribution in [2.45, 2.75) is 70.3 Å². The van der Waals surface area contributed by atoms with E-state index in [-0.39, 0.29) is 11.5 Å². The summed E-state index contributed by atoms with van der Waals surface area (Å²) in [5.74, 6) is 3.11. The fourth-order valence-corrected chi connectivity index (χ4v) is 7.49. The molecule has 2 N–H and O–H groups in total. The third-order valence-electron chi connectivity index (χ3n) is 9.19. The first-order chi connectivity index (χ1) is 17.5. The summed E-state index contributed by atoms with van der Waals surface area (Å²) < 4.78 is 16.9. The third kappa shape index (κ3) is 5.03. The summed E-state index contributed by atoms with van der Waals surface area (Å²) in [6, 6.07) is 14.6. The summed E-state index contributed by atoms with van der Waals surface area (Å²) in [6.45, 7) is 7.49. The van der Waals surface area contributed by atoms with Gasteiger partial charge in [0.05, 0.1) is 25.9 Å². The Hall–Kier alpha value is -2.08. The summed E-state index contributed by atoms with van der Waals surface area (Å²) in [6.07, 6.45) is 5.99. The standard InChI is InChI=1S/C31H42O5/c1-3-14-34-15-16-35-17-18-36-24-8-4-21(5-9-24)27-20-31(2)28(12-13-29(31)33)26-10-6-22-19-23(32)7-11-25(22)30(26)27/h4-5,7-9,11,19,26-30,32-33H,3,6,10,12-18,20H2,1-2H3. The van der Waals surface area contributed by atoms with Crippen molar-refractivity contribution in [3.63, 3.8) is 0 Å². The largest absolute Gasteiger partial charge is 0.508 e. The SMILES string of the molecule is CCCOCCOCCOc1ccc(C2CC3(C)C(O)CCC3C3CCc4cc(O)ccc4C23)cc1. The van der Waals surface area contributed by atoms with Gasteiger partial charge in [0.1, 0.15) is 18.1 Å². The zero-order valence-corrected chi connectivity index (χ0v) is 21.8. The number of aryl methyl sites for hydroxylation is 1.